The van der Waals surface area contributed by atoms with Gasteiger partial charge in [-0.15, -0.1) is 0 Å². The molecule has 0 unspecified atom stereocenters. The monoisotopic (exact) mass is 504 g/mol. The van der Waals surface area contributed by atoms with Crippen LogP contribution in [0.25, 0.3) is 0 Å². The number of nitrogens with zero attached hydrogens (tertiary/aromatic N) is 1. The number of aromatic nitrogens is 2. The molecule has 0 atom stereocenters. The van der Waals surface area contributed by atoms with Crippen molar-refractivity contribution in [3.63, 3.8) is 0 Å². The smallest absolute Gasteiger partial charge is 0.248 e. The molecule has 0 saturated heterocycles. The van der Waals surface area contributed by atoms with Crippen LogP contribution in [0.4, 0.5) is 0 Å². The fourth-order valence-electron chi connectivity index (χ4n) is 5.56. The van der Waals surface area contributed by atoms with E-state index in [4.69, 9.17) is 0 Å². The van der Waals surface area contributed by atoms with E-state index in [9.17, 15) is 0 Å². The number of H-pyrrole nitrogens is 1. The molecule has 2 heteroatoms. The summed E-state index contributed by atoms with van der Waals surface area (Å²) in [5.41, 5.74) is 0. The van der Waals surface area contributed by atoms with Gasteiger partial charge in [-0.25, -0.2) is 9.55 Å². The molecule has 0 amide bonds. The lowest BCUT2D eigenvalue weighted by Gasteiger charge is -2.05. The molecule has 1 aromatic heterocycles. The molecule has 0 saturated carbocycles. The summed E-state index contributed by atoms with van der Waals surface area (Å²) in [6, 6.07) is 0. The Morgan fingerprint density at radius 2 is 0.972 bits per heavy atom. The number of aromatic amines is 1. The van der Waals surface area contributed by atoms with Crippen molar-refractivity contribution in [3.8, 4) is 0 Å². The molecule has 0 fully saturated rings. The molecule has 212 valence electrons. The molecule has 0 aliphatic rings. The van der Waals surface area contributed by atoms with Crippen molar-refractivity contribution in [2.45, 2.75) is 194 Å². The van der Waals surface area contributed by atoms with E-state index in [1.807, 2.05) is 0 Å². The molecule has 2 nitrogen and oxygen atoms in total. The Bertz CT molecular complexity index is 547. The molecule has 0 aliphatic heterocycles. The summed E-state index contributed by atoms with van der Waals surface area (Å²) in [6.45, 7) is 8.19. The van der Waals surface area contributed by atoms with Gasteiger partial charge in [-0.05, 0) is 25.2 Å². The third kappa shape index (κ3) is 21.3. The molecule has 36 heavy (non-hydrogen) atoms. The number of hydrogen-bond donors (Lipinski definition) is 1. The van der Waals surface area contributed by atoms with Gasteiger partial charge >= 0.3 is 0 Å². The zero-order valence-corrected chi connectivity index (χ0v) is 25.3. The highest BCUT2D eigenvalue weighted by atomic mass is 15.1. The van der Waals surface area contributed by atoms with E-state index in [0.29, 0.717) is 0 Å². The first-order chi connectivity index (χ1) is 17.7. The lowest BCUT2D eigenvalue weighted by Crippen LogP contribution is -2.36. The molecular formula is C34H67N2+. The predicted molar refractivity (Wildman–Crippen MR) is 161 cm³/mol. The quantitative estimate of drug-likeness (QED) is 0.0866. The topological polar surface area (TPSA) is 19.7 Å². The largest absolute Gasteiger partial charge is 0.254 e. The molecule has 1 rings (SSSR count). The van der Waals surface area contributed by atoms with Crippen molar-refractivity contribution >= 4 is 0 Å². The van der Waals surface area contributed by atoms with E-state index in [1.165, 1.54) is 179 Å². The minimum Gasteiger partial charge on any atom is -0.248 e. The maximum atomic E-state index is 3.50. The zero-order chi connectivity index (χ0) is 25.9. The van der Waals surface area contributed by atoms with Gasteiger partial charge in [0.05, 0.1) is 6.54 Å². The highest BCUT2D eigenvalue weighted by Crippen LogP contribution is 2.15. The van der Waals surface area contributed by atoms with Gasteiger partial charge in [-0.3, -0.25) is 0 Å². The first-order valence-electron chi connectivity index (χ1n) is 16.8. The number of aryl methyl sites for hydroxylation is 2. The van der Waals surface area contributed by atoms with E-state index in [1.54, 1.807) is 0 Å². The van der Waals surface area contributed by atoms with Gasteiger partial charge < -0.3 is 0 Å². The van der Waals surface area contributed by atoms with E-state index >= 15 is 0 Å². The van der Waals surface area contributed by atoms with Gasteiger partial charge in [-0.2, -0.15) is 0 Å². The Morgan fingerprint density at radius 1 is 0.556 bits per heavy atom. The third-order valence-corrected chi connectivity index (χ3v) is 8.05. The van der Waals surface area contributed by atoms with E-state index in [2.05, 4.69) is 42.7 Å². The van der Waals surface area contributed by atoms with Crippen LogP contribution < -0.4 is 4.57 Å². The van der Waals surface area contributed by atoms with Gasteiger partial charge in [0.15, 0.2) is 0 Å². The number of hydrogen-bond acceptors (Lipinski definition) is 0. The minimum atomic E-state index is 0.876. The summed E-state index contributed by atoms with van der Waals surface area (Å²) in [5.74, 6) is 2.32. The Labute approximate surface area is 227 Å². The van der Waals surface area contributed by atoms with Crippen molar-refractivity contribution in [1.82, 2.24) is 4.98 Å². The standard InChI is InChI=1S/C34H66N2/c1-4-5-6-7-8-9-10-11-12-13-14-15-16-17-21-24-27-31-36-32-30-35-34(36)29-26-23-20-18-19-22-25-28-33(2)3/h30,32-33H,4-29,31H2,1-3H3/p+1. The van der Waals surface area contributed by atoms with Crippen LogP contribution in [-0.4, -0.2) is 4.98 Å². The molecule has 1 N–H and O–H groups in total. The lowest BCUT2D eigenvalue weighted by atomic mass is 10.0. The second-order valence-corrected chi connectivity index (χ2v) is 12.2. The van der Waals surface area contributed by atoms with Crippen LogP contribution in [0.15, 0.2) is 12.4 Å². The average molecular weight is 504 g/mol. The number of rotatable bonds is 28. The summed E-state index contributed by atoms with van der Waals surface area (Å²) in [4.78, 5) is 3.50. The molecule has 0 spiro atoms. The van der Waals surface area contributed by atoms with Crippen LogP contribution >= 0.6 is 0 Å². The number of nitrogens with one attached hydrogen (secondary N) is 1. The molecule has 1 heterocycles. The lowest BCUT2D eigenvalue weighted by molar-refractivity contribution is -0.703. The van der Waals surface area contributed by atoms with Crippen molar-refractivity contribution in [2.75, 3.05) is 0 Å². The summed E-state index contributed by atoms with van der Waals surface area (Å²) < 4.78 is 2.48. The van der Waals surface area contributed by atoms with Gasteiger partial charge in [0.1, 0.15) is 12.4 Å². The van der Waals surface area contributed by atoms with Gasteiger partial charge in [0.25, 0.3) is 5.82 Å². The van der Waals surface area contributed by atoms with E-state index < -0.39 is 0 Å². The minimum absolute atomic E-state index is 0.876. The Balaban J connectivity index is 1.85. The van der Waals surface area contributed by atoms with E-state index in [0.717, 1.165) is 5.92 Å². The number of imidazole rings is 1. The second-order valence-electron chi connectivity index (χ2n) is 12.2. The molecule has 0 aromatic carbocycles. The molecule has 0 aliphatic carbocycles. The van der Waals surface area contributed by atoms with Gasteiger partial charge in [0, 0.05) is 6.42 Å². The summed E-state index contributed by atoms with van der Waals surface area (Å²) in [5, 5.41) is 0. The van der Waals surface area contributed by atoms with Crippen molar-refractivity contribution in [2.24, 2.45) is 5.92 Å². The molecule has 0 radical (unpaired) electrons. The van der Waals surface area contributed by atoms with Crippen LogP contribution in [0.2, 0.25) is 0 Å². The Morgan fingerprint density at radius 3 is 1.44 bits per heavy atom. The Hall–Kier alpha value is -0.790. The van der Waals surface area contributed by atoms with Crippen LogP contribution in [0.3, 0.4) is 0 Å². The predicted octanol–water partition coefficient (Wildman–Crippen LogP) is 11.3. The fraction of sp³-hybridized carbons (Fsp3) is 0.912. The number of unbranched alkanes of at least 4 members (excludes halogenated alkanes) is 22. The van der Waals surface area contributed by atoms with Crippen molar-refractivity contribution in [3.05, 3.63) is 18.2 Å². The zero-order valence-electron chi connectivity index (χ0n) is 25.3. The summed E-state index contributed by atoms with van der Waals surface area (Å²) in [6.07, 6.45) is 41.5. The summed E-state index contributed by atoms with van der Waals surface area (Å²) in [7, 11) is 0. The van der Waals surface area contributed by atoms with Crippen LogP contribution in [0.1, 0.15) is 187 Å². The molecule has 1 aromatic rings. The first-order valence-corrected chi connectivity index (χ1v) is 16.8. The van der Waals surface area contributed by atoms with Crippen LogP contribution in [0.5, 0.6) is 0 Å². The van der Waals surface area contributed by atoms with Crippen molar-refractivity contribution in [1.29, 1.82) is 0 Å². The first kappa shape index (κ1) is 33.2. The van der Waals surface area contributed by atoms with Crippen LogP contribution in [0, 0.1) is 5.92 Å². The van der Waals surface area contributed by atoms with Crippen molar-refractivity contribution < 1.29 is 4.57 Å². The average Bonchev–Trinajstić information content (AvgIpc) is 3.31. The highest BCUT2D eigenvalue weighted by Gasteiger charge is 2.09. The maximum absolute atomic E-state index is 3.50. The fourth-order valence-corrected chi connectivity index (χ4v) is 5.56. The molecule has 0 bridgehead atoms. The van der Waals surface area contributed by atoms with E-state index in [-0.39, 0.29) is 0 Å². The molecular weight excluding hydrogens is 436 g/mol. The SMILES string of the molecule is CCCCCCCCCCCCCCCCCCC[n+]1cc[nH]c1CCCCCCCCCC(C)C. The van der Waals surface area contributed by atoms with Gasteiger partial charge in [-0.1, -0.05) is 162 Å². The second kappa shape index (κ2) is 25.8. The van der Waals surface area contributed by atoms with Gasteiger partial charge in [0.2, 0.25) is 0 Å². The normalized spacial score (nSPS) is 11.7. The van der Waals surface area contributed by atoms with Crippen LogP contribution in [-0.2, 0) is 13.0 Å². The maximum Gasteiger partial charge on any atom is 0.254 e. The third-order valence-electron chi connectivity index (χ3n) is 8.05. The summed E-state index contributed by atoms with van der Waals surface area (Å²) >= 11 is 0. The Kier molecular flexibility index (Phi) is 23.9. The highest BCUT2D eigenvalue weighted by molar-refractivity contribution is 4.77.